The summed E-state index contributed by atoms with van der Waals surface area (Å²) in [5, 5.41) is 3.38. The molecule has 0 bridgehead atoms. The molecule has 1 N–H and O–H groups in total. The van der Waals surface area contributed by atoms with Gasteiger partial charge >= 0.3 is 0 Å². The molecule has 2 nitrogen and oxygen atoms in total. The van der Waals surface area contributed by atoms with E-state index in [1.165, 1.54) is 11.1 Å². The predicted octanol–water partition coefficient (Wildman–Crippen LogP) is 4.39. The Morgan fingerprint density at radius 3 is 2.57 bits per heavy atom. The van der Waals surface area contributed by atoms with E-state index in [4.69, 9.17) is 0 Å². The Bertz CT molecular complexity index is 703. The highest BCUT2D eigenvalue weighted by atomic mass is 16.1. The minimum absolute atomic E-state index is 0.0248. The van der Waals surface area contributed by atoms with E-state index in [-0.39, 0.29) is 11.7 Å². The molecule has 2 heteroatoms. The van der Waals surface area contributed by atoms with Gasteiger partial charge in [-0.1, -0.05) is 24.3 Å². The highest BCUT2D eigenvalue weighted by molar-refractivity contribution is 6.03. The Labute approximate surface area is 126 Å². The van der Waals surface area contributed by atoms with Crippen LogP contribution in [0.3, 0.4) is 0 Å². The minimum Gasteiger partial charge on any atom is -0.385 e. The predicted molar refractivity (Wildman–Crippen MR) is 87.3 cm³/mol. The van der Waals surface area contributed by atoms with Gasteiger partial charge in [-0.15, -0.1) is 0 Å². The molecule has 2 aromatic carbocycles. The standard InChI is InChI=1S/C19H21NO/c1-12-10-14(3)17(11-13(12)2)19(21)16-8-9-20-18-7-5-4-6-15(16)18/h4-7,10-11,16,20H,8-9H2,1-3H3. The van der Waals surface area contributed by atoms with Gasteiger partial charge in [0.25, 0.3) is 0 Å². The van der Waals surface area contributed by atoms with Gasteiger partial charge in [0.1, 0.15) is 0 Å². The van der Waals surface area contributed by atoms with Gasteiger partial charge in [0, 0.05) is 17.8 Å². The average molecular weight is 279 g/mol. The number of hydrogen-bond donors (Lipinski definition) is 1. The number of carbonyl (C=O) groups excluding carboxylic acids is 1. The van der Waals surface area contributed by atoms with Crippen LogP contribution in [-0.4, -0.2) is 12.3 Å². The Balaban J connectivity index is 2.03. The van der Waals surface area contributed by atoms with Gasteiger partial charge in [-0.2, -0.15) is 0 Å². The van der Waals surface area contributed by atoms with Crippen molar-refractivity contribution >= 4 is 11.5 Å². The average Bonchev–Trinajstić information content (AvgIpc) is 2.49. The van der Waals surface area contributed by atoms with E-state index < -0.39 is 0 Å². The molecule has 1 aliphatic rings. The van der Waals surface area contributed by atoms with Crippen LogP contribution in [0.15, 0.2) is 36.4 Å². The van der Waals surface area contributed by atoms with Crippen LogP contribution in [-0.2, 0) is 0 Å². The summed E-state index contributed by atoms with van der Waals surface area (Å²) >= 11 is 0. The van der Waals surface area contributed by atoms with Crippen molar-refractivity contribution in [3.05, 3.63) is 64.2 Å². The van der Waals surface area contributed by atoms with E-state index in [0.717, 1.165) is 35.3 Å². The lowest BCUT2D eigenvalue weighted by molar-refractivity contribution is 0.0954. The maximum atomic E-state index is 13.0. The Morgan fingerprint density at radius 1 is 1.05 bits per heavy atom. The number of ketones is 1. The number of Topliss-reactive ketones (excluding diaryl/α,β-unsaturated/α-hetero) is 1. The van der Waals surface area contributed by atoms with Crippen molar-refractivity contribution in [2.75, 3.05) is 11.9 Å². The van der Waals surface area contributed by atoms with Gasteiger partial charge in [0.15, 0.2) is 5.78 Å². The Morgan fingerprint density at radius 2 is 1.76 bits per heavy atom. The summed E-state index contributed by atoms with van der Waals surface area (Å²) in [4.78, 5) is 13.0. The third kappa shape index (κ3) is 2.46. The van der Waals surface area contributed by atoms with E-state index in [0.29, 0.717) is 0 Å². The van der Waals surface area contributed by atoms with Crippen LogP contribution in [0.2, 0.25) is 0 Å². The number of nitrogens with one attached hydrogen (secondary N) is 1. The molecule has 0 aromatic heterocycles. The molecule has 0 amide bonds. The molecule has 1 atom stereocenters. The fraction of sp³-hybridized carbons (Fsp3) is 0.316. The molecule has 108 valence electrons. The van der Waals surface area contributed by atoms with Crippen molar-refractivity contribution in [2.45, 2.75) is 33.1 Å². The van der Waals surface area contributed by atoms with Crippen molar-refractivity contribution in [1.82, 2.24) is 0 Å². The maximum absolute atomic E-state index is 13.0. The molecule has 0 spiro atoms. The molecule has 0 saturated carbocycles. The van der Waals surface area contributed by atoms with Crippen LogP contribution >= 0.6 is 0 Å². The van der Waals surface area contributed by atoms with Gasteiger partial charge in [-0.3, -0.25) is 4.79 Å². The van der Waals surface area contributed by atoms with Crippen LogP contribution < -0.4 is 5.32 Å². The number of hydrogen-bond acceptors (Lipinski definition) is 2. The lowest BCUT2D eigenvalue weighted by Gasteiger charge is -2.26. The summed E-state index contributed by atoms with van der Waals surface area (Å²) in [5.41, 5.74) is 6.62. The zero-order valence-corrected chi connectivity index (χ0v) is 12.9. The minimum atomic E-state index is -0.0248. The molecule has 0 radical (unpaired) electrons. The molecule has 1 unspecified atom stereocenters. The Kier molecular flexibility index (Phi) is 3.54. The molecule has 0 aliphatic carbocycles. The quantitative estimate of drug-likeness (QED) is 0.826. The van der Waals surface area contributed by atoms with Crippen LogP contribution in [0.1, 0.15) is 45.0 Å². The molecular weight excluding hydrogens is 258 g/mol. The van der Waals surface area contributed by atoms with Crippen LogP contribution in [0.25, 0.3) is 0 Å². The van der Waals surface area contributed by atoms with Gasteiger partial charge in [-0.25, -0.2) is 0 Å². The molecule has 1 heterocycles. The smallest absolute Gasteiger partial charge is 0.170 e. The number of aryl methyl sites for hydroxylation is 3. The van der Waals surface area contributed by atoms with Crippen molar-refractivity contribution < 1.29 is 4.79 Å². The fourth-order valence-corrected chi connectivity index (χ4v) is 3.15. The normalized spacial score (nSPS) is 17.0. The van der Waals surface area contributed by atoms with E-state index in [1.807, 2.05) is 19.1 Å². The summed E-state index contributed by atoms with van der Waals surface area (Å²) in [6.07, 6.45) is 0.863. The van der Waals surface area contributed by atoms with Crippen molar-refractivity contribution in [1.29, 1.82) is 0 Å². The number of benzene rings is 2. The number of carbonyl (C=O) groups is 1. The fourth-order valence-electron chi connectivity index (χ4n) is 3.15. The van der Waals surface area contributed by atoms with Crippen LogP contribution in [0.4, 0.5) is 5.69 Å². The third-order valence-electron chi connectivity index (χ3n) is 4.51. The van der Waals surface area contributed by atoms with Gasteiger partial charge in [0.05, 0.1) is 5.92 Å². The first-order valence-corrected chi connectivity index (χ1v) is 7.53. The summed E-state index contributed by atoms with van der Waals surface area (Å²) in [7, 11) is 0. The summed E-state index contributed by atoms with van der Waals surface area (Å²) in [6.45, 7) is 7.06. The number of fused-ring (bicyclic) bond motifs is 1. The first kappa shape index (κ1) is 13.9. The lowest BCUT2D eigenvalue weighted by Crippen LogP contribution is -2.23. The summed E-state index contributed by atoms with van der Waals surface area (Å²) in [5.74, 6) is 0.229. The highest BCUT2D eigenvalue weighted by Gasteiger charge is 2.27. The van der Waals surface area contributed by atoms with E-state index in [9.17, 15) is 4.79 Å². The second-order valence-corrected chi connectivity index (χ2v) is 5.97. The maximum Gasteiger partial charge on any atom is 0.170 e. The Hall–Kier alpha value is -2.09. The SMILES string of the molecule is Cc1cc(C)c(C(=O)C2CCNc3ccccc32)cc1C. The van der Waals surface area contributed by atoms with E-state index in [2.05, 4.69) is 43.4 Å². The molecule has 1 aliphatic heterocycles. The number of anilines is 1. The number of rotatable bonds is 2. The van der Waals surface area contributed by atoms with Crippen molar-refractivity contribution in [2.24, 2.45) is 0 Å². The first-order valence-electron chi connectivity index (χ1n) is 7.53. The van der Waals surface area contributed by atoms with Gasteiger partial charge in [0.2, 0.25) is 0 Å². The zero-order valence-electron chi connectivity index (χ0n) is 12.9. The summed E-state index contributed by atoms with van der Waals surface area (Å²) in [6, 6.07) is 12.3. The van der Waals surface area contributed by atoms with Crippen LogP contribution in [0, 0.1) is 20.8 Å². The summed E-state index contributed by atoms with van der Waals surface area (Å²) < 4.78 is 0. The highest BCUT2D eigenvalue weighted by Crippen LogP contribution is 2.34. The molecule has 0 fully saturated rings. The third-order valence-corrected chi connectivity index (χ3v) is 4.51. The van der Waals surface area contributed by atoms with Crippen molar-refractivity contribution in [3.63, 3.8) is 0 Å². The van der Waals surface area contributed by atoms with Crippen LogP contribution in [0.5, 0.6) is 0 Å². The number of para-hydroxylation sites is 1. The first-order chi connectivity index (χ1) is 10.1. The molecule has 0 saturated heterocycles. The largest absolute Gasteiger partial charge is 0.385 e. The molecular formula is C19H21NO. The van der Waals surface area contributed by atoms with Crippen molar-refractivity contribution in [3.8, 4) is 0 Å². The van der Waals surface area contributed by atoms with Gasteiger partial charge in [-0.05, 0) is 61.6 Å². The second kappa shape index (κ2) is 5.36. The monoisotopic (exact) mass is 279 g/mol. The topological polar surface area (TPSA) is 29.1 Å². The molecule has 21 heavy (non-hydrogen) atoms. The van der Waals surface area contributed by atoms with E-state index >= 15 is 0 Å². The van der Waals surface area contributed by atoms with E-state index in [1.54, 1.807) is 0 Å². The zero-order chi connectivity index (χ0) is 15.0. The van der Waals surface area contributed by atoms with Gasteiger partial charge < -0.3 is 5.32 Å². The lowest BCUT2D eigenvalue weighted by atomic mass is 9.83. The molecule has 2 aromatic rings. The second-order valence-electron chi connectivity index (χ2n) is 5.97. The molecule has 3 rings (SSSR count).